The zero-order valence-electron chi connectivity index (χ0n) is 24.4. The maximum absolute atomic E-state index is 12.1. The van der Waals surface area contributed by atoms with Crippen LogP contribution in [0.25, 0.3) is 0 Å². The molecule has 0 bridgehead atoms. The van der Waals surface area contributed by atoms with Crippen LogP contribution >= 0.6 is 0 Å². The van der Waals surface area contributed by atoms with E-state index in [-0.39, 0.29) is 12.8 Å². The fraction of sp³-hybridized carbons (Fsp3) is 0.300. The number of hydroxylamine groups is 2. The molecule has 9 nitrogen and oxygen atoms in total. The number of amides is 1. The molecular formula is C30H34F3NO8S. The number of methoxy groups -OCH3 is 1. The van der Waals surface area contributed by atoms with Crippen molar-refractivity contribution in [2.45, 2.75) is 38.6 Å². The maximum Gasteiger partial charge on any atom is 0.523 e. The number of aryl methyl sites for hydroxylation is 2. The lowest BCUT2D eigenvalue weighted by Crippen LogP contribution is -2.29. The molecular weight excluding hydrogens is 591 g/mol. The topological polar surface area (TPSA) is 116 Å². The van der Waals surface area contributed by atoms with Gasteiger partial charge >= 0.3 is 21.6 Å². The molecule has 0 heterocycles. The Morgan fingerprint density at radius 2 is 1.30 bits per heavy atom. The summed E-state index contributed by atoms with van der Waals surface area (Å²) in [6, 6.07) is 23.3. The summed E-state index contributed by atoms with van der Waals surface area (Å²) in [4.78, 5) is 39.0. The van der Waals surface area contributed by atoms with Gasteiger partial charge in [-0.05, 0) is 55.7 Å². The molecule has 0 aliphatic rings. The Balaban J connectivity index is 0.000000418. The molecule has 234 valence electrons. The Hall–Kier alpha value is -4.23. The van der Waals surface area contributed by atoms with Gasteiger partial charge in [0.15, 0.2) is 0 Å². The molecule has 0 spiro atoms. The Morgan fingerprint density at radius 3 is 1.70 bits per heavy atom. The molecule has 0 radical (unpaired) electrons. The zero-order chi connectivity index (χ0) is 32.6. The molecule has 0 saturated carbocycles. The van der Waals surface area contributed by atoms with E-state index in [1.807, 2.05) is 43.3 Å². The second kappa shape index (κ2) is 17.7. The van der Waals surface area contributed by atoms with E-state index in [0.29, 0.717) is 19.0 Å². The molecule has 0 aliphatic heterocycles. The van der Waals surface area contributed by atoms with Crippen molar-refractivity contribution >= 4 is 28.3 Å². The molecule has 0 fully saturated rings. The van der Waals surface area contributed by atoms with Gasteiger partial charge in [-0.2, -0.15) is 26.7 Å². The van der Waals surface area contributed by atoms with E-state index in [4.69, 9.17) is 9.57 Å². The lowest BCUT2D eigenvalue weighted by molar-refractivity contribution is -0.161. The molecule has 0 aromatic heterocycles. The van der Waals surface area contributed by atoms with Gasteiger partial charge in [-0.1, -0.05) is 59.7 Å². The lowest BCUT2D eigenvalue weighted by Gasteiger charge is -2.15. The van der Waals surface area contributed by atoms with Crippen LogP contribution in [0.1, 0.15) is 45.5 Å². The van der Waals surface area contributed by atoms with E-state index in [9.17, 15) is 36.0 Å². The number of aldehydes is 1. The number of benzene rings is 3. The third-order valence-electron chi connectivity index (χ3n) is 5.53. The van der Waals surface area contributed by atoms with Crippen molar-refractivity contribution in [3.8, 4) is 5.75 Å². The molecule has 3 aromatic rings. The van der Waals surface area contributed by atoms with E-state index >= 15 is 0 Å². The first kappa shape index (κ1) is 36.8. The maximum atomic E-state index is 12.1. The standard InChI is InChI=1S/C20H21NO4.C8H10O.C2H3F3O3S/c1-15-5-7-16(8-6-15)14-17-9-11-18(12-10-17)20(24)25-21(2)19(23)4-3-13-22;1-7-3-5-8(9-2)6-4-7;1-8-9(6,7)2(3,4)5/h5-13H,3-4,14H2,1-2H3;3-6H,1-2H3;1H3. The highest BCUT2D eigenvalue weighted by molar-refractivity contribution is 7.87. The minimum atomic E-state index is -5.34. The predicted molar refractivity (Wildman–Crippen MR) is 154 cm³/mol. The summed E-state index contributed by atoms with van der Waals surface area (Å²) in [5.74, 6) is -0.110. The predicted octanol–water partition coefficient (Wildman–Crippen LogP) is 5.58. The molecule has 3 aromatic carbocycles. The van der Waals surface area contributed by atoms with Gasteiger partial charge in [-0.25, -0.2) is 4.79 Å². The Bertz CT molecular complexity index is 1410. The lowest BCUT2D eigenvalue weighted by atomic mass is 10.0. The van der Waals surface area contributed by atoms with Crippen LogP contribution in [0.5, 0.6) is 5.75 Å². The number of rotatable bonds is 8. The smallest absolute Gasteiger partial charge is 0.497 e. The number of halogens is 3. The quantitative estimate of drug-likeness (QED) is 0.138. The SMILES string of the molecule is COS(=O)(=O)C(F)(F)F.COc1ccc(C)cc1.Cc1ccc(Cc2ccc(C(=O)ON(C)C(=O)CCC=O)cc2)cc1. The molecule has 0 N–H and O–H groups in total. The van der Waals surface area contributed by atoms with Gasteiger partial charge in [0.05, 0.1) is 19.8 Å². The van der Waals surface area contributed by atoms with E-state index in [2.05, 4.69) is 35.4 Å². The Morgan fingerprint density at radius 1 is 0.837 bits per heavy atom. The van der Waals surface area contributed by atoms with Gasteiger partial charge in [0.1, 0.15) is 12.0 Å². The molecule has 0 saturated heterocycles. The Kier molecular flexibility index (Phi) is 15.1. The highest BCUT2D eigenvalue weighted by Gasteiger charge is 2.46. The summed E-state index contributed by atoms with van der Waals surface area (Å²) in [6.07, 6.45) is 1.55. The van der Waals surface area contributed by atoms with Crippen molar-refractivity contribution in [3.63, 3.8) is 0 Å². The number of alkyl halides is 3. The normalized spacial score (nSPS) is 10.7. The molecule has 1 amide bonds. The van der Waals surface area contributed by atoms with Gasteiger partial charge < -0.3 is 14.4 Å². The van der Waals surface area contributed by atoms with Crippen LogP contribution in [0.4, 0.5) is 13.2 Å². The fourth-order valence-electron chi connectivity index (χ4n) is 3.04. The second-order valence-electron chi connectivity index (χ2n) is 8.92. The first-order valence-electron chi connectivity index (χ1n) is 12.7. The van der Waals surface area contributed by atoms with Gasteiger partial charge in [0, 0.05) is 19.9 Å². The number of hydrogen-bond acceptors (Lipinski definition) is 8. The summed E-state index contributed by atoms with van der Waals surface area (Å²) in [5.41, 5.74) is -0.189. The van der Waals surface area contributed by atoms with E-state index in [0.717, 1.165) is 22.8 Å². The average Bonchev–Trinajstić information content (AvgIpc) is 2.98. The monoisotopic (exact) mass is 625 g/mol. The van der Waals surface area contributed by atoms with Crippen molar-refractivity contribution < 1.29 is 49.7 Å². The minimum absolute atomic E-state index is 0.0166. The van der Waals surface area contributed by atoms with E-state index < -0.39 is 27.5 Å². The van der Waals surface area contributed by atoms with Gasteiger partial charge in [-0.15, -0.1) is 0 Å². The number of carbonyl (C=O) groups excluding carboxylic acids is 3. The number of ether oxygens (including phenoxy) is 1. The van der Waals surface area contributed by atoms with Crippen LogP contribution < -0.4 is 4.74 Å². The fourth-order valence-corrected chi connectivity index (χ4v) is 3.23. The molecule has 0 atom stereocenters. The average molecular weight is 626 g/mol. The molecule has 3 rings (SSSR count). The van der Waals surface area contributed by atoms with Crippen LogP contribution in [-0.4, -0.2) is 58.4 Å². The highest BCUT2D eigenvalue weighted by atomic mass is 32.2. The van der Waals surface area contributed by atoms with Crippen molar-refractivity contribution in [1.82, 2.24) is 5.06 Å². The first-order chi connectivity index (χ1) is 20.1. The van der Waals surface area contributed by atoms with Crippen molar-refractivity contribution in [2.24, 2.45) is 0 Å². The number of nitrogens with zero attached hydrogens (tertiary/aromatic N) is 1. The Labute approximate surface area is 249 Å². The molecule has 43 heavy (non-hydrogen) atoms. The van der Waals surface area contributed by atoms with Crippen LogP contribution in [0.15, 0.2) is 72.8 Å². The van der Waals surface area contributed by atoms with Crippen LogP contribution in [0.3, 0.4) is 0 Å². The van der Waals surface area contributed by atoms with Crippen LogP contribution in [-0.2, 0) is 35.1 Å². The van der Waals surface area contributed by atoms with E-state index in [1.54, 1.807) is 19.2 Å². The third kappa shape index (κ3) is 13.5. The molecule has 0 aliphatic carbocycles. The van der Waals surface area contributed by atoms with Gasteiger partial charge in [0.25, 0.3) is 5.91 Å². The van der Waals surface area contributed by atoms with Crippen molar-refractivity contribution in [3.05, 3.63) is 101 Å². The zero-order valence-corrected chi connectivity index (χ0v) is 25.2. The summed E-state index contributed by atoms with van der Waals surface area (Å²) >= 11 is 0. The van der Waals surface area contributed by atoms with Crippen LogP contribution in [0.2, 0.25) is 0 Å². The van der Waals surface area contributed by atoms with Crippen molar-refractivity contribution in [1.29, 1.82) is 0 Å². The summed E-state index contributed by atoms with van der Waals surface area (Å²) in [6.45, 7) is 4.10. The summed E-state index contributed by atoms with van der Waals surface area (Å²) in [5, 5.41) is 0.867. The first-order valence-corrected chi connectivity index (χ1v) is 14.1. The molecule has 0 unspecified atom stereocenters. The minimum Gasteiger partial charge on any atom is -0.497 e. The van der Waals surface area contributed by atoms with Gasteiger partial charge in [0.2, 0.25) is 0 Å². The number of carbonyl (C=O) groups is 3. The molecule has 13 heteroatoms. The van der Waals surface area contributed by atoms with Gasteiger partial charge in [-0.3, -0.25) is 8.98 Å². The van der Waals surface area contributed by atoms with E-state index in [1.165, 1.54) is 23.7 Å². The highest BCUT2D eigenvalue weighted by Crippen LogP contribution is 2.23. The largest absolute Gasteiger partial charge is 0.523 e. The summed E-state index contributed by atoms with van der Waals surface area (Å²) in [7, 11) is -1.86. The number of hydrogen-bond donors (Lipinski definition) is 0. The second-order valence-corrected chi connectivity index (χ2v) is 10.6. The van der Waals surface area contributed by atoms with Crippen molar-refractivity contribution in [2.75, 3.05) is 21.3 Å². The third-order valence-corrected chi connectivity index (χ3v) is 6.53. The van der Waals surface area contributed by atoms with Crippen LogP contribution in [0, 0.1) is 13.8 Å². The summed E-state index contributed by atoms with van der Waals surface area (Å²) < 4.78 is 60.8.